The highest BCUT2D eigenvalue weighted by Gasteiger charge is 2.47. The van der Waals surface area contributed by atoms with Gasteiger partial charge in [-0.05, 0) is 49.7 Å². The van der Waals surface area contributed by atoms with Gasteiger partial charge in [-0.1, -0.05) is 11.8 Å². The number of ether oxygens (including phenoxy) is 1. The SMILES string of the molecule is COc1ccc(N2C(=O)NC3c4c2ccnc4S[C@H]3C(=O)NC2CCNC2)c(C)c1. The molecule has 0 aliphatic carbocycles. The van der Waals surface area contributed by atoms with Crippen molar-refractivity contribution in [3.05, 3.63) is 41.6 Å². The molecule has 3 N–H and O–H groups in total. The minimum atomic E-state index is -0.433. The molecule has 1 aromatic heterocycles. The van der Waals surface area contributed by atoms with Crippen LogP contribution in [0.2, 0.25) is 0 Å². The molecular weight excluding hydrogens is 402 g/mol. The van der Waals surface area contributed by atoms with Crippen LogP contribution in [-0.2, 0) is 4.79 Å². The van der Waals surface area contributed by atoms with Gasteiger partial charge in [-0.15, -0.1) is 0 Å². The summed E-state index contributed by atoms with van der Waals surface area (Å²) in [7, 11) is 1.62. The van der Waals surface area contributed by atoms with Gasteiger partial charge in [-0.3, -0.25) is 9.69 Å². The first kappa shape index (κ1) is 19.2. The maximum atomic E-state index is 13.2. The highest BCUT2D eigenvalue weighted by molar-refractivity contribution is 8.01. The molecule has 2 aromatic rings. The molecule has 0 radical (unpaired) electrons. The molecule has 1 saturated heterocycles. The minimum absolute atomic E-state index is 0.0583. The zero-order chi connectivity index (χ0) is 20.8. The number of urea groups is 1. The Kier molecular flexibility index (Phi) is 4.79. The van der Waals surface area contributed by atoms with E-state index in [4.69, 9.17) is 4.74 Å². The number of hydrogen-bond acceptors (Lipinski definition) is 6. The smallest absolute Gasteiger partial charge is 0.327 e. The van der Waals surface area contributed by atoms with Crippen LogP contribution in [0.3, 0.4) is 0 Å². The summed E-state index contributed by atoms with van der Waals surface area (Å²) in [5.74, 6) is 0.678. The number of anilines is 2. The van der Waals surface area contributed by atoms with Crippen molar-refractivity contribution in [2.24, 2.45) is 0 Å². The molecule has 0 saturated carbocycles. The van der Waals surface area contributed by atoms with Gasteiger partial charge in [-0.2, -0.15) is 0 Å². The van der Waals surface area contributed by atoms with E-state index in [0.717, 1.165) is 52.8 Å². The summed E-state index contributed by atoms with van der Waals surface area (Å²) in [4.78, 5) is 32.3. The molecule has 3 amide bonds. The topological polar surface area (TPSA) is 95.6 Å². The summed E-state index contributed by atoms with van der Waals surface area (Å²) < 4.78 is 5.29. The number of rotatable bonds is 4. The fourth-order valence-corrected chi connectivity index (χ4v) is 5.57. The number of aromatic nitrogens is 1. The number of benzene rings is 1. The van der Waals surface area contributed by atoms with Crippen LogP contribution < -0.4 is 25.6 Å². The van der Waals surface area contributed by atoms with E-state index >= 15 is 0 Å². The van der Waals surface area contributed by atoms with Crippen molar-refractivity contribution in [2.45, 2.75) is 35.7 Å². The van der Waals surface area contributed by atoms with Gasteiger partial charge in [0.05, 0.1) is 24.5 Å². The van der Waals surface area contributed by atoms with Crippen molar-refractivity contribution in [2.75, 3.05) is 25.1 Å². The van der Waals surface area contributed by atoms with Gasteiger partial charge in [0.2, 0.25) is 5.91 Å². The van der Waals surface area contributed by atoms with E-state index in [2.05, 4.69) is 20.9 Å². The standard InChI is InChI=1S/C21H23N5O3S/c1-11-9-13(29-2)3-4-14(11)26-15-6-8-23-20-16(15)17(25-21(26)28)18(30-20)19(27)24-12-5-7-22-10-12/h3-4,6,8-9,12,17-18,22H,5,7,10H2,1-2H3,(H,24,27)(H,25,28)/t12?,17?,18-/m1/s1. The monoisotopic (exact) mass is 425 g/mol. The lowest BCUT2D eigenvalue weighted by Gasteiger charge is -2.35. The van der Waals surface area contributed by atoms with Gasteiger partial charge in [0.25, 0.3) is 0 Å². The number of nitrogens with one attached hydrogen (secondary N) is 3. The Bertz CT molecular complexity index is 1020. The molecule has 8 nitrogen and oxygen atoms in total. The lowest BCUT2D eigenvalue weighted by molar-refractivity contribution is -0.121. The molecule has 9 heteroatoms. The first-order chi connectivity index (χ1) is 14.6. The maximum absolute atomic E-state index is 13.2. The predicted octanol–water partition coefficient (Wildman–Crippen LogP) is 2.25. The number of nitrogens with zero attached hydrogens (tertiary/aromatic N) is 2. The van der Waals surface area contributed by atoms with E-state index in [-0.39, 0.29) is 18.0 Å². The number of carbonyl (C=O) groups is 2. The van der Waals surface area contributed by atoms with Gasteiger partial charge < -0.3 is 20.7 Å². The number of amides is 3. The molecule has 30 heavy (non-hydrogen) atoms. The third-order valence-electron chi connectivity index (χ3n) is 5.82. The number of pyridine rings is 1. The van der Waals surface area contributed by atoms with Gasteiger partial charge in [-0.25, -0.2) is 9.78 Å². The normalized spacial score (nSPS) is 24.4. The number of thioether (sulfide) groups is 1. The van der Waals surface area contributed by atoms with Gasteiger partial charge in [0.15, 0.2) is 0 Å². The van der Waals surface area contributed by atoms with Crippen molar-refractivity contribution in [1.29, 1.82) is 0 Å². The Morgan fingerprint density at radius 1 is 1.33 bits per heavy atom. The average Bonchev–Trinajstić information content (AvgIpc) is 3.37. The van der Waals surface area contributed by atoms with Gasteiger partial charge in [0, 0.05) is 24.3 Å². The van der Waals surface area contributed by atoms with E-state index < -0.39 is 11.3 Å². The van der Waals surface area contributed by atoms with Crippen LogP contribution >= 0.6 is 11.8 Å². The number of aryl methyl sites for hydroxylation is 1. The average molecular weight is 426 g/mol. The molecular formula is C21H23N5O3S. The lowest BCUT2D eigenvalue weighted by atomic mass is 9.99. The minimum Gasteiger partial charge on any atom is -0.497 e. The van der Waals surface area contributed by atoms with Gasteiger partial charge in [0.1, 0.15) is 16.0 Å². The Morgan fingerprint density at radius 2 is 2.20 bits per heavy atom. The number of hydrogen-bond donors (Lipinski definition) is 3. The highest BCUT2D eigenvalue weighted by Crippen LogP contribution is 2.51. The fourth-order valence-electron chi connectivity index (χ4n) is 4.33. The molecule has 0 bridgehead atoms. The van der Waals surface area contributed by atoms with Crippen LogP contribution in [0, 0.1) is 6.92 Å². The van der Waals surface area contributed by atoms with E-state index in [1.54, 1.807) is 18.2 Å². The molecule has 3 aliphatic rings. The summed E-state index contributed by atoms with van der Waals surface area (Å²) in [5, 5.41) is 9.78. The van der Waals surface area contributed by atoms with Crippen molar-refractivity contribution < 1.29 is 14.3 Å². The molecule has 1 aromatic carbocycles. The van der Waals surface area contributed by atoms with Crippen LogP contribution in [0.4, 0.5) is 16.2 Å². The predicted molar refractivity (Wildman–Crippen MR) is 114 cm³/mol. The number of methoxy groups -OCH3 is 1. The first-order valence-electron chi connectivity index (χ1n) is 9.98. The molecule has 2 unspecified atom stereocenters. The van der Waals surface area contributed by atoms with Crippen LogP contribution in [0.25, 0.3) is 0 Å². The van der Waals surface area contributed by atoms with Crippen molar-refractivity contribution in [3.8, 4) is 5.75 Å². The lowest BCUT2D eigenvalue weighted by Crippen LogP contribution is -2.50. The molecule has 3 aliphatic heterocycles. The highest BCUT2D eigenvalue weighted by atomic mass is 32.2. The fraction of sp³-hybridized carbons (Fsp3) is 0.381. The molecule has 5 rings (SSSR count). The van der Waals surface area contributed by atoms with Crippen molar-refractivity contribution in [3.63, 3.8) is 0 Å². The Balaban J connectivity index is 1.49. The summed E-state index contributed by atoms with van der Waals surface area (Å²) in [6.45, 7) is 3.63. The maximum Gasteiger partial charge on any atom is 0.327 e. The molecule has 1 fully saturated rings. The summed E-state index contributed by atoms with van der Waals surface area (Å²) in [6, 6.07) is 6.94. The van der Waals surface area contributed by atoms with Crippen LogP contribution in [-0.4, -0.2) is 48.4 Å². The largest absolute Gasteiger partial charge is 0.497 e. The zero-order valence-corrected chi connectivity index (χ0v) is 17.6. The van der Waals surface area contributed by atoms with Crippen molar-refractivity contribution in [1.82, 2.24) is 20.9 Å². The van der Waals surface area contributed by atoms with Crippen LogP contribution in [0.1, 0.15) is 23.6 Å². The van der Waals surface area contributed by atoms with Crippen LogP contribution in [0.15, 0.2) is 35.5 Å². The summed E-state index contributed by atoms with van der Waals surface area (Å²) in [5.41, 5.74) is 3.37. The number of carbonyl (C=O) groups excluding carboxylic acids is 2. The van der Waals surface area contributed by atoms with E-state index in [1.165, 1.54) is 11.8 Å². The quantitative estimate of drug-likeness (QED) is 0.696. The second kappa shape index (κ2) is 7.48. The van der Waals surface area contributed by atoms with Crippen molar-refractivity contribution >= 4 is 35.1 Å². The second-order valence-electron chi connectivity index (χ2n) is 7.70. The Hall–Kier alpha value is -2.78. The molecule has 156 valence electrons. The molecule has 4 heterocycles. The summed E-state index contributed by atoms with van der Waals surface area (Å²) in [6.07, 6.45) is 2.62. The molecule has 3 atom stereocenters. The summed E-state index contributed by atoms with van der Waals surface area (Å²) >= 11 is 1.42. The third kappa shape index (κ3) is 3.09. The Morgan fingerprint density at radius 3 is 2.93 bits per heavy atom. The van der Waals surface area contributed by atoms with E-state index in [1.807, 2.05) is 31.2 Å². The second-order valence-corrected chi connectivity index (χ2v) is 8.83. The third-order valence-corrected chi connectivity index (χ3v) is 7.10. The van der Waals surface area contributed by atoms with Crippen LogP contribution in [0.5, 0.6) is 5.75 Å². The first-order valence-corrected chi connectivity index (χ1v) is 10.9. The molecule has 0 spiro atoms. The van der Waals surface area contributed by atoms with E-state index in [0.29, 0.717) is 0 Å². The van der Waals surface area contributed by atoms with Gasteiger partial charge >= 0.3 is 6.03 Å². The zero-order valence-electron chi connectivity index (χ0n) is 16.8. The van der Waals surface area contributed by atoms with E-state index in [9.17, 15) is 9.59 Å². The Labute approximate surface area is 178 Å².